The van der Waals surface area contributed by atoms with Crippen molar-refractivity contribution >= 4 is 20.9 Å². The Labute approximate surface area is 49.5 Å². The Hall–Kier alpha value is 0.400. The van der Waals surface area contributed by atoms with E-state index < -0.39 is 15.6 Å². The second kappa shape index (κ2) is 1.44. The Morgan fingerprint density at radius 3 is 2.57 bits per heavy atom. The minimum Gasteiger partial charge on any atom is -0.302 e. The van der Waals surface area contributed by atoms with Crippen LogP contribution in [0.2, 0.25) is 0 Å². The topological polar surface area (TPSA) is 37.3 Å². The van der Waals surface area contributed by atoms with E-state index in [0.29, 0.717) is 0 Å². The van der Waals surface area contributed by atoms with Crippen LogP contribution in [0, 0.1) is 0 Å². The summed E-state index contributed by atoms with van der Waals surface area (Å²) in [5.41, 5.74) is 0. The molecule has 0 unspecified atom stereocenters. The third-order valence-electron chi connectivity index (χ3n) is 0.280. The number of halogens is 1. The molecular weight excluding hydrogens is 136 g/mol. The highest BCUT2D eigenvalue weighted by Crippen LogP contribution is 2.11. The van der Waals surface area contributed by atoms with E-state index in [0.717, 1.165) is 6.26 Å². The molecule has 0 atom stereocenters. The summed E-state index contributed by atoms with van der Waals surface area (Å²) < 4.78 is 26.2. The van der Waals surface area contributed by atoms with Crippen molar-refractivity contribution in [3.05, 3.63) is 0 Å². The summed E-state index contributed by atoms with van der Waals surface area (Å²) in [5, 5.41) is -0.347. The van der Waals surface area contributed by atoms with Gasteiger partial charge in [-0.2, -0.15) is 9.35 Å². The Kier molecular flexibility index (Phi) is 1.14. The average molecular weight is 146 g/mol. The quantitative estimate of drug-likeness (QED) is 0.553. The minimum atomic E-state index is -3.70. The van der Waals surface area contributed by atoms with Crippen LogP contribution in [-0.4, -0.2) is 26.5 Å². The summed E-state index contributed by atoms with van der Waals surface area (Å²) in [6.07, 6.45) is 0.595. The third kappa shape index (κ3) is 6.40. The van der Waals surface area contributed by atoms with Gasteiger partial charge in [0.25, 0.3) is 0 Å². The summed E-state index contributed by atoms with van der Waals surface area (Å²) in [6, 6.07) is 0. The fourth-order valence-electron chi connectivity index (χ4n) is 0. The Morgan fingerprint density at radius 2 is 2.57 bits per heavy atom. The first kappa shape index (κ1) is 5.54. The Morgan fingerprint density at radius 1 is 2.14 bits per heavy atom. The maximum absolute atomic E-state index is 10.8. The first-order valence-corrected chi connectivity index (χ1v) is 4.81. The van der Waals surface area contributed by atoms with Crippen LogP contribution in [0.4, 0.5) is 0 Å². The van der Waals surface area contributed by atoms with E-state index in [1.807, 2.05) is 0 Å². The summed E-state index contributed by atoms with van der Waals surface area (Å²) in [4.78, 5) is 0. The molecule has 0 saturated carbocycles. The first-order valence-electron chi connectivity index (χ1n) is 2.31. The van der Waals surface area contributed by atoms with Crippen LogP contribution in [0.3, 0.4) is 0 Å². The highest BCUT2D eigenvalue weighted by atomic mass is 35.5. The lowest BCUT2D eigenvalue weighted by atomic mass is 11.8. The lowest BCUT2D eigenvalue weighted by molar-refractivity contribution is 0.533. The Balaban J connectivity index is 4.25. The number of alkyl halides is 1. The molecule has 0 saturated heterocycles. The van der Waals surface area contributed by atoms with Gasteiger partial charge in [-0.15, -0.1) is 11.6 Å². The molecule has 0 bridgehead atoms. The first-order chi connectivity index (χ1) is 3.39. The summed E-state index contributed by atoms with van der Waals surface area (Å²) in [7, 11) is -3.70. The van der Waals surface area contributed by atoms with E-state index in [-0.39, 0.29) is 5.21 Å². The highest BCUT2D eigenvalue weighted by Gasteiger charge is 2.09. The van der Waals surface area contributed by atoms with Crippen LogP contribution in [0.25, 0.3) is 0 Å². The van der Waals surface area contributed by atoms with Gasteiger partial charge in [-0.1, -0.05) is 0 Å². The van der Waals surface area contributed by atoms with Gasteiger partial charge in [0.2, 0.25) is 0 Å². The second-order valence-corrected chi connectivity index (χ2v) is 6.08. The van der Waals surface area contributed by atoms with Crippen molar-refractivity contribution in [2.75, 3.05) is 17.7 Å². The molecule has 0 aromatic rings. The molecule has 0 amide bonds. The van der Waals surface area contributed by atoms with E-state index in [1.165, 1.54) is 0 Å². The van der Waals surface area contributed by atoms with E-state index >= 15 is 0 Å². The molecule has 0 fully saturated rings. The molecule has 46 valence electrons. The molecule has 0 aliphatic rings. The summed E-state index contributed by atoms with van der Waals surface area (Å²) in [5.74, 6) is 0. The SMILES string of the molecule is [2H]CS(C)(=O)(O)CCl. The maximum Gasteiger partial charge on any atom is 0.108 e. The molecule has 0 aliphatic carbocycles. The van der Waals surface area contributed by atoms with Crippen LogP contribution in [-0.2, 0) is 9.35 Å². The second-order valence-electron chi connectivity index (χ2n) is 1.81. The lowest BCUT2D eigenvalue weighted by Gasteiger charge is -2.29. The van der Waals surface area contributed by atoms with Gasteiger partial charge in [0, 0.05) is 13.9 Å². The van der Waals surface area contributed by atoms with Gasteiger partial charge in [0.15, 0.2) is 0 Å². The molecule has 0 aromatic heterocycles. The van der Waals surface area contributed by atoms with Crippen molar-refractivity contribution in [2.45, 2.75) is 0 Å². The van der Waals surface area contributed by atoms with Crippen LogP contribution >= 0.6 is 11.6 Å². The van der Waals surface area contributed by atoms with Gasteiger partial charge in [0.05, 0.1) is 0 Å². The fraction of sp³-hybridized carbons (Fsp3) is 1.00. The predicted molar refractivity (Wildman–Crippen MR) is 33.3 cm³/mol. The number of hydrogen-bond acceptors (Lipinski definition) is 1. The molecule has 0 radical (unpaired) electrons. The third-order valence-corrected chi connectivity index (χ3v) is 2.52. The van der Waals surface area contributed by atoms with Crippen molar-refractivity contribution in [2.24, 2.45) is 0 Å². The molecule has 1 N–H and O–H groups in total. The van der Waals surface area contributed by atoms with Crippen LogP contribution in [0.15, 0.2) is 0 Å². The smallest absolute Gasteiger partial charge is 0.108 e. The summed E-state index contributed by atoms with van der Waals surface area (Å²) >= 11 is 5.10. The van der Waals surface area contributed by atoms with E-state index in [9.17, 15) is 4.21 Å². The van der Waals surface area contributed by atoms with Gasteiger partial charge in [0.1, 0.15) is 5.21 Å². The standard InChI is InChI=1S/C3H9ClO2S/c1-7(2,5,6)3-4/h3H2,1-2H3,(H,5,6)/i1D. The lowest BCUT2D eigenvalue weighted by Crippen LogP contribution is -2.29. The molecule has 0 aromatic carbocycles. The zero-order chi connectivity index (χ0) is 6.86. The Bertz CT molecular complexity index is 130. The highest BCUT2D eigenvalue weighted by molar-refractivity contribution is 8.14. The normalized spacial score (nSPS) is 19.9. The zero-order valence-electron chi connectivity index (χ0n) is 5.06. The van der Waals surface area contributed by atoms with E-state index in [1.54, 1.807) is 0 Å². The van der Waals surface area contributed by atoms with Crippen molar-refractivity contribution in [1.29, 1.82) is 0 Å². The van der Waals surface area contributed by atoms with Crippen LogP contribution in [0.5, 0.6) is 0 Å². The molecule has 0 heterocycles. The molecule has 0 spiro atoms. The van der Waals surface area contributed by atoms with Crippen LogP contribution in [0.1, 0.15) is 1.37 Å². The molecule has 4 heteroatoms. The monoisotopic (exact) mass is 145 g/mol. The molecule has 2 nitrogen and oxygen atoms in total. The van der Waals surface area contributed by atoms with Crippen molar-refractivity contribution in [1.82, 2.24) is 0 Å². The van der Waals surface area contributed by atoms with Gasteiger partial charge in [-0.25, -0.2) is 4.21 Å². The summed E-state index contributed by atoms with van der Waals surface area (Å²) in [6.45, 7) is 0. The largest absolute Gasteiger partial charge is 0.302 e. The molecule has 0 aliphatic heterocycles. The van der Waals surface area contributed by atoms with Gasteiger partial charge in [-0.3, -0.25) is 0 Å². The molecule has 0 rings (SSSR count). The van der Waals surface area contributed by atoms with Crippen LogP contribution < -0.4 is 0 Å². The maximum atomic E-state index is 10.8. The van der Waals surface area contributed by atoms with E-state index in [4.69, 9.17) is 17.5 Å². The average Bonchev–Trinajstić information content (AvgIpc) is 1.68. The van der Waals surface area contributed by atoms with Gasteiger partial charge < -0.3 is 4.55 Å². The number of hydrogen-bond donors (Lipinski definition) is 1. The minimum absolute atomic E-state index is 0.347. The van der Waals surface area contributed by atoms with Gasteiger partial charge in [-0.05, 0) is 0 Å². The predicted octanol–water partition coefficient (Wildman–Crippen LogP) is 0.735. The molecule has 7 heavy (non-hydrogen) atoms. The fourth-order valence-corrected chi connectivity index (χ4v) is 0. The van der Waals surface area contributed by atoms with E-state index in [2.05, 4.69) is 0 Å². The van der Waals surface area contributed by atoms with Crippen molar-refractivity contribution in [3.63, 3.8) is 0 Å². The zero-order valence-corrected chi connectivity index (χ0v) is 5.63. The van der Waals surface area contributed by atoms with Gasteiger partial charge >= 0.3 is 0 Å². The van der Waals surface area contributed by atoms with Crippen molar-refractivity contribution < 1.29 is 10.1 Å². The number of rotatable bonds is 1. The van der Waals surface area contributed by atoms with Crippen molar-refractivity contribution in [3.8, 4) is 0 Å². The molecular formula is C3H9ClO2S.